The molecule has 1 aliphatic heterocycles. The highest BCUT2D eigenvalue weighted by Crippen LogP contribution is 2.19. The second-order valence-corrected chi connectivity index (χ2v) is 8.30. The first kappa shape index (κ1) is 27.3. The summed E-state index contributed by atoms with van der Waals surface area (Å²) in [6.07, 6.45) is 3.20. The van der Waals surface area contributed by atoms with E-state index < -0.39 is 41.8 Å². The van der Waals surface area contributed by atoms with E-state index in [0.29, 0.717) is 19.4 Å². The number of H-pyrrole nitrogens is 1. The van der Waals surface area contributed by atoms with Crippen LogP contribution in [0.1, 0.15) is 32.3 Å². The zero-order valence-electron chi connectivity index (χ0n) is 19.7. The van der Waals surface area contributed by atoms with Crippen molar-refractivity contribution in [2.45, 2.75) is 51.2 Å². The molecule has 2 aromatic rings. The number of carboxylic acid groups (broad SMARTS) is 1. The molecule has 8 N–H and O–H groups in total. The molecule has 0 unspecified atom stereocenters. The third-order valence-corrected chi connectivity index (χ3v) is 5.43. The van der Waals surface area contributed by atoms with Crippen LogP contribution in [-0.2, 0) is 30.4 Å². The summed E-state index contributed by atoms with van der Waals surface area (Å²) in [7, 11) is 0. The van der Waals surface area contributed by atoms with Crippen molar-refractivity contribution in [1.29, 1.82) is 0 Å². The number of para-hydroxylation sites is 1. The number of nitrogens with two attached hydrogens (primary N) is 2. The molecule has 0 bridgehead atoms. The van der Waals surface area contributed by atoms with Crippen LogP contribution in [0.25, 0.3) is 10.9 Å². The van der Waals surface area contributed by atoms with E-state index in [1.807, 2.05) is 24.3 Å². The Morgan fingerprint density at radius 2 is 1.89 bits per heavy atom. The summed E-state index contributed by atoms with van der Waals surface area (Å²) in [6.45, 7) is 2.78. The number of aliphatic carboxylic acids is 1. The van der Waals surface area contributed by atoms with Gasteiger partial charge in [0, 0.05) is 37.0 Å². The van der Waals surface area contributed by atoms with Crippen molar-refractivity contribution in [1.82, 2.24) is 20.5 Å². The van der Waals surface area contributed by atoms with Gasteiger partial charge in [-0.25, -0.2) is 0 Å². The van der Waals surface area contributed by atoms with Crippen LogP contribution in [0.4, 0.5) is 0 Å². The van der Waals surface area contributed by atoms with Crippen LogP contribution in [-0.4, -0.2) is 75.8 Å². The maximum absolute atomic E-state index is 12.5. The van der Waals surface area contributed by atoms with Gasteiger partial charge in [-0.1, -0.05) is 18.2 Å². The summed E-state index contributed by atoms with van der Waals surface area (Å²) in [4.78, 5) is 62.4. The number of aromatic amines is 1. The monoisotopic (exact) mass is 488 g/mol. The highest BCUT2D eigenvalue weighted by Gasteiger charge is 2.35. The summed E-state index contributed by atoms with van der Waals surface area (Å²) in [5, 5.41) is 13.5. The Labute approximate surface area is 202 Å². The Morgan fingerprint density at radius 1 is 1.23 bits per heavy atom. The smallest absolute Gasteiger partial charge is 0.300 e. The molecule has 12 nitrogen and oxygen atoms in total. The van der Waals surface area contributed by atoms with Crippen LogP contribution < -0.4 is 22.1 Å². The molecule has 3 rings (SSSR count). The van der Waals surface area contributed by atoms with Gasteiger partial charge in [0.25, 0.3) is 5.97 Å². The van der Waals surface area contributed by atoms with E-state index in [9.17, 15) is 19.2 Å². The lowest BCUT2D eigenvalue weighted by Crippen LogP contribution is -2.53. The van der Waals surface area contributed by atoms with Crippen molar-refractivity contribution in [2.24, 2.45) is 11.5 Å². The quantitative estimate of drug-likeness (QED) is 0.280. The Balaban J connectivity index is 0.00000100. The second kappa shape index (κ2) is 12.5. The largest absolute Gasteiger partial charge is 0.481 e. The fourth-order valence-corrected chi connectivity index (χ4v) is 3.84. The number of rotatable bonds is 8. The summed E-state index contributed by atoms with van der Waals surface area (Å²) in [6, 6.07) is 5.34. The maximum atomic E-state index is 12.5. The first-order valence-corrected chi connectivity index (χ1v) is 11.2. The lowest BCUT2D eigenvalue weighted by atomic mass is 10.0. The van der Waals surface area contributed by atoms with Gasteiger partial charge in [-0.3, -0.25) is 24.0 Å². The van der Waals surface area contributed by atoms with E-state index in [-0.39, 0.29) is 18.9 Å². The molecule has 0 spiro atoms. The normalized spacial score (nSPS) is 16.5. The molecule has 1 aromatic heterocycles. The number of fused-ring (bicyclic) bond motifs is 1. The Kier molecular flexibility index (Phi) is 9.76. The van der Waals surface area contributed by atoms with Crippen molar-refractivity contribution >= 4 is 40.5 Å². The lowest BCUT2D eigenvalue weighted by Gasteiger charge is -2.25. The minimum absolute atomic E-state index is 0.221. The molecule has 2 heterocycles. The predicted molar refractivity (Wildman–Crippen MR) is 128 cm³/mol. The van der Waals surface area contributed by atoms with E-state index in [2.05, 4.69) is 15.6 Å². The third kappa shape index (κ3) is 7.81. The lowest BCUT2D eigenvalue weighted by molar-refractivity contribution is -0.139. The fourth-order valence-electron chi connectivity index (χ4n) is 3.84. The summed E-state index contributed by atoms with van der Waals surface area (Å²) in [5.41, 5.74) is 12.9. The average molecular weight is 489 g/mol. The average Bonchev–Trinajstić information content (AvgIpc) is 3.43. The number of carbonyl (C=O) groups is 5. The number of nitrogens with zero attached hydrogens (tertiary/aromatic N) is 1. The highest BCUT2D eigenvalue weighted by atomic mass is 16.4. The van der Waals surface area contributed by atoms with Crippen LogP contribution >= 0.6 is 0 Å². The molecule has 35 heavy (non-hydrogen) atoms. The van der Waals surface area contributed by atoms with Crippen molar-refractivity contribution in [2.75, 3.05) is 13.1 Å². The number of hydrogen-bond donors (Lipinski definition) is 6. The van der Waals surface area contributed by atoms with Gasteiger partial charge >= 0.3 is 0 Å². The number of amides is 4. The zero-order valence-corrected chi connectivity index (χ0v) is 19.7. The number of carbonyl (C=O) groups excluding carboxylic acids is 4. The number of hydrogen-bond acceptors (Lipinski definition) is 6. The number of primary amides is 1. The van der Waals surface area contributed by atoms with Crippen molar-refractivity contribution in [3.8, 4) is 0 Å². The highest BCUT2D eigenvalue weighted by molar-refractivity contribution is 5.93. The van der Waals surface area contributed by atoms with Gasteiger partial charge in [0.1, 0.15) is 12.1 Å². The van der Waals surface area contributed by atoms with Crippen molar-refractivity contribution in [3.05, 3.63) is 36.0 Å². The predicted octanol–water partition coefficient (Wildman–Crippen LogP) is -0.774. The second-order valence-electron chi connectivity index (χ2n) is 8.30. The summed E-state index contributed by atoms with van der Waals surface area (Å²) >= 11 is 0. The number of nitrogens with one attached hydrogen (secondary N) is 3. The molecule has 0 radical (unpaired) electrons. The third-order valence-electron chi connectivity index (χ3n) is 5.43. The Bertz CT molecular complexity index is 1080. The van der Waals surface area contributed by atoms with E-state index in [1.54, 1.807) is 13.1 Å². The van der Waals surface area contributed by atoms with Crippen molar-refractivity contribution < 1.29 is 29.1 Å². The number of likely N-dealkylation sites (tertiary alicyclic amines) is 1. The standard InChI is InChI=1S/C21H28N6O4.C2H4O2/c1-12(22)21(31)27-8-4-7-17(27)20(30)25-11-18(28)26-16(19(23)29)9-13-10-24-15-6-3-2-5-14(13)15;1-2(3)4/h2-3,5-6,10,12,16-17,24H,4,7-9,11,22H2,1H3,(H2,23,29)(H,25,30)(H,26,28);1H3,(H,3,4)/t12-,16-,17-;/m0./s1. The molecular weight excluding hydrogens is 456 g/mol. The molecule has 190 valence electrons. The van der Waals surface area contributed by atoms with Crippen LogP contribution in [0, 0.1) is 0 Å². The number of carboxylic acids is 1. The van der Waals surface area contributed by atoms with Gasteiger partial charge in [-0.05, 0) is 31.4 Å². The first-order valence-electron chi connectivity index (χ1n) is 11.2. The van der Waals surface area contributed by atoms with Gasteiger partial charge in [-0.15, -0.1) is 0 Å². The minimum Gasteiger partial charge on any atom is -0.481 e. The molecule has 0 saturated carbocycles. The topological polar surface area (TPSA) is 201 Å². The SMILES string of the molecule is CC(=O)O.C[C@H](N)C(=O)N1CCC[C@H]1C(=O)NCC(=O)N[C@@H](Cc1c[nH]c2ccccc12)C(N)=O. The maximum Gasteiger partial charge on any atom is 0.300 e. The van der Waals surface area contributed by atoms with Crippen LogP contribution in [0.5, 0.6) is 0 Å². The molecule has 1 saturated heterocycles. The summed E-state index contributed by atoms with van der Waals surface area (Å²) < 4.78 is 0. The molecule has 0 aliphatic carbocycles. The molecule has 4 amide bonds. The van der Waals surface area contributed by atoms with Gasteiger partial charge in [0.15, 0.2) is 0 Å². The van der Waals surface area contributed by atoms with Crippen LogP contribution in [0.2, 0.25) is 0 Å². The van der Waals surface area contributed by atoms with Gasteiger partial charge in [0.05, 0.1) is 12.6 Å². The first-order chi connectivity index (χ1) is 16.5. The number of benzene rings is 1. The molecule has 1 aromatic carbocycles. The van der Waals surface area contributed by atoms with Crippen molar-refractivity contribution in [3.63, 3.8) is 0 Å². The Hall–Kier alpha value is -3.93. The zero-order chi connectivity index (χ0) is 26.1. The van der Waals surface area contributed by atoms with E-state index in [4.69, 9.17) is 21.4 Å². The fraction of sp³-hybridized carbons (Fsp3) is 0.435. The van der Waals surface area contributed by atoms with Crippen LogP contribution in [0.3, 0.4) is 0 Å². The van der Waals surface area contributed by atoms with Gasteiger partial charge < -0.3 is 37.1 Å². The molecule has 3 atom stereocenters. The van der Waals surface area contributed by atoms with E-state index in [0.717, 1.165) is 23.4 Å². The van der Waals surface area contributed by atoms with E-state index >= 15 is 0 Å². The van der Waals surface area contributed by atoms with E-state index in [1.165, 1.54) is 4.90 Å². The molecular formula is C23H32N6O6. The summed E-state index contributed by atoms with van der Waals surface area (Å²) in [5.74, 6) is -2.77. The number of aromatic nitrogens is 1. The van der Waals surface area contributed by atoms with Gasteiger partial charge in [0.2, 0.25) is 23.6 Å². The Morgan fingerprint density at radius 3 is 2.51 bits per heavy atom. The molecule has 12 heteroatoms. The minimum atomic E-state index is -0.925. The van der Waals surface area contributed by atoms with Gasteiger partial charge in [-0.2, -0.15) is 0 Å². The molecule has 1 fully saturated rings. The molecule has 1 aliphatic rings. The van der Waals surface area contributed by atoms with Crippen LogP contribution in [0.15, 0.2) is 30.5 Å².